The fraction of sp³-hybridized carbons (Fsp3) is 0.588. The molecule has 2 atom stereocenters. The standard InChI is InChI=1S/C17H25BrN2O2.ClH/c1-13(14-4-3-7-19-12-14)10-17(21)20-8-9-22-16-6-2-5-15(18)11-16;/h2,5-6,11,13-14,19H,3-4,7-10,12H2,1H3,(H,20,21);1H. The minimum absolute atomic E-state index is 0. The van der Waals surface area contributed by atoms with Gasteiger partial charge in [-0.1, -0.05) is 28.9 Å². The molecule has 2 N–H and O–H groups in total. The highest BCUT2D eigenvalue weighted by atomic mass is 79.9. The van der Waals surface area contributed by atoms with Crippen LogP contribution in [0.15, 0.2) is 28.7 Å². The van der Waals surface area contributed by atoms with Crippen molar-refractivity contribution in [2.45, 2.75) is 26.2 Å². The van der Waals surface area contributed by atoms with Crippen LogP contribution in [0.3, 0.4) is 0 Å². The Bertz CT molecular complexity index is 481. The highest BCUT2D eigenvalue weighted by Gasteiger charge is 2.21. The zero-order chi connectivity index (χ0) is 15.8. The predicted octanol–water partition coefficient (Wildman–Crippen LogP) is 3.39. The third-order valence-corrected chi connectivity index (χ3v) is 4.63. The molecular weight excluding hydrogens is 380 g/mol. The molecule has 1 aliphatic rings. The first-order chi connectivity index (χ1) is 10.6. The van der Waals surface area contributed by atoms with Gasteiger partial charge in [0.25, 0.3) is 0 Å². The molecule has 0 saturated carbocycles. The van der Waals surface area contributed by atoms with E-state index >= 15 is 0 Å². The number of halogens is 2. The third-order valence-electron chi connectivity index (χ3n) is 4.14. The number of rotatable bonds is 7. The molecule has 23 heavy (non-hydrogen) atoms. The number of carbonyl (C=O) groups excluding carboxylic acids is 1. The number of piperidine rings is 1. The molecule has 130 valence electrons. The molecule has 1 heterocycles. The van der Waals surface area contributed by atoms with E-state index in [-0.39, 0.29) is 18.3 Å². The van der Waals surface area contributed by atoms with Gasteiger partial charge in [-0.25, -0.2) is 0 Å². The molecule has 1 saturated heterocycles. The van der Waals surface area contributed by atoms with Crippen LogP contribution < -0.4 is 15.4 Å². The average molecular weight is 406 g/mol. The Morgan fingerprint density at radius 1 is 1.52 bits per heavy atom. The first-order valence-electron chi connectivity index (χ1n) is 8.01. The largest absolute Gasteiger partial charge is 0.492 e. The Balaban J connectivity index is 0.00000264. The number of hydrogen-bond acceptors (Lipinski definition) is 3. The maximum absolute atomic E-state index is 12.0. The minimum Gasteiger partial charge on any atom is -0.492 e. The predicted molar refractivity (Wildman–Crippen MR) is 99.3 cm³/mol. The van der Waals surface area contributed by atoms with E-state index in [1.54, 1.807) is 0 Å². The van der Waals surface area contributed by atoms with Gasteiger partial charge in [-0.05, 0) is 56.0 Å². The van der Waals surface area contributed by atoms with Crippen molar-refractivity contribution in [1.82, 2.24) is 10.6 Å². The zero-order valence-corrected chi connectivity index (χ0v) is 15.9. The second-order valence-corrected chi connectivity index (χ2v) is 6.86. The van der Waals surface area contributed by atoms with Crippen molar-refractivity contribution in [3.8, 4) is 5.75 Å². The van der Waals surface area contributed by atoms with Gasteiger partial charge < -0.3 is 15.4 Å². The minimum atomic E-state index is 0. The van der Waals surface area contributed by atoms with Gasteiger partial charge in [0.1, 0.15) is 12.4 Å². The summed E-state index contributed by atoms with van der Waals surface area (Å²) in [6.45, 7) is 5.36. The SMILES string of the molecule is CC(CC(=O)NCCOc1cccc(Br)c1)C1CCCNC1.Cl. The van der Waals surface area contributed by atoms with E-state index in [1.807, 2.05) is 24.3 Å². The lowest BCUT2D eigenvalue weighted by molar-refractivity contribution is -0.122. The molecule has 1 aliphatic heterocycles. The van der Waals surface area contributed by atoms with Crippen LogP contribution >= 0.6 is 28.3 Å². The van der Waals surface area contributed by atoms with E-state index in [0.717, 1.165) is 23.3 Å². The molecule has 1 fully saturated rings. The van der Waals surface area contributed by atoms with Crippen LogP contribution in [0.2, 0.25) is 0 Å². The number of ether oxygens (including phenoxy) is 1. The summed E-state index contributed by atoms with van der Waals surface area (Å²) in [6, 6.07) is 7.71. The van der Waals surface area contributed by atoms with Crippen LogP contribution in [0.5, 0.6) is 5.75 Å². The van der Waals surface area contributed by atoms with Crippen LogP contribution in [-0.2, 0) is 4.79 Å². The maximum atomic E-state index is 12.0. The summed E-state index contributed by atoms with van der Waals surface area (Å²) in [5, 5.41) is 6.35. The smallest absolute Gasteiger partial charge is 0.220 e. The van der Waals surface area contributed by atoms with E-state index in [2.05, 4.69) is 33.5 Å². The second-order valence-electron chi connectivity index (χ2n) is 5.94. The third kappa shape index (κ3) is 7.55. The highest BCUT2D eigenvalue weighted by Crippen LogP contribution is 2.22. The molecule has 0 aliphatic carbocycles. The van der Waals surface area contributed by atoms with E-state index in [9.17, 15) is 4.79 Å². The molecule has 0 aromatic heterocycles. The van der Waals surface area contributed by atoms with Crippen LogP contribution in [0.1, 0.15) is 26.2 Å². The molecule has 2 rings (SSSR count). The fourth-order valence-corrected chi connectivity index (χ4v) is 3.19. The van der Waals surface area contributed by atoms with Gasteiger partial charge in [0.05, 0.1) is 6.54 Å². The van der Waals surface area contributed by atoms with Crippen molar-refractivity contribution in [3.05, 3.63) is 28.7 Å². The van der Waals surface area contributed by atoms with Crippen LogP contribution in [0.25, 0.3) is 0 Å². The van der Waals surface area contributed by atoms with Crippen molar-refractivity contribution in [1.29, 1.82) is 0 Å². The van der Waals surface area contributed by atoms with Gasteiger partial charge in [0.2, 0.25) is 5.91 Å². The van der Waals surface area contributed by atoms with Crippen molar-refractivity contribution in [3.63, 3.8) is 0 Å². The summed E-state index contributed by atoms with van der Waals surface area (Å²) in [6.07, 6.45) is 3.05. The van der Waals surface area contributed by atoms with E-state index in [0.29, 0.717) is 31.4 Å². The Morgan fingerprint density at radius 2 is 2.35 bits per heavy atom. The summed E-state index contributed by atoms with van der Waals surface area (Å²) in [4.78, 5) is 12.0. The van der Waals surface area contributed by atoms with E-state index in [1.165, 1.54) is 12.8 Å². The molecular formula is C17H26BrClN2O2. The highest BCUT2D eigenvalue weighted by molar-refractivity contribution is 9.10. The molecule has 4 nitrogen and oxygen atoms in total. The fourth-order valence-electron chi connectivity index (χ4n) is 2.81. The summed E-state index contributed by atoms with van der Waals surface area (Å²) >= 11 is 3.40. The monoisotopic (exact) mass is 404 g/mol. The van der Waals surface area contributed by atoms with Crippen molar-refractivity contribution < 1.29 is 9.53 Å². The van der Waals surface area contributed by atoms with Crippen LogP contribution in [-0.4, -0.2) is 32.1 Å². The van der Waals surface area contributed by atoms with Gasteiger partial charge in [-0.15, -0.1) is 12.4 Å². The van der Waals surface area contributed by atoms with Crippen LogP contribution in [0, 0.1) is 11.8 Å². The lowest BCUT2D eigenvalue weighted by Gasteiger charge is -2.28. The molecule has 0 radical (unpaired) electrons. The summed E-state index contributed by atoms with van der Waals surface area (Å²) in [5.41, 5.74) is 0. The van der Waals surface area contributed by atoms with E-state index in [4.69, 9.17) is 4.74 Å². The Labute approximate surface area is 153 Å². The van der Waals surface area contributed by atoms with Gasteiger partial charge in [-0.2, -0.15) is 0 Å². The molecule has 1 amide bonds. The molecule has 1 aromatic rings. The van der Waals surface area contributed by atoms with Crippen molar-refractivity contribution >= 4 is 34.2 Å². The number of nitrogens with one attached hydrogen (secondary N) is 2. The van der Waals surface area contributed by atoms with Gasteiger partial charge in [-0.3, -0.25) is 4.79 Å². The van der Waals surface area contributed by atoms with Gasteiger partial charge in [0, 0.05) is 10.9 Å². The first kappa shape index (κ1) is 20.3. The zero-order valence-electron chi connectivity index (χ0n) is 13.5. The number of hydrogen-bond donors (Lipinski definition) is 2. The molecule has 0 spiro atoms. The van der Waals surface area contributed by atoms with Crippen molar-refractivity contribution in [2.75, 3.05) is 26.2 Å². The molecule has 1 aromatic carbocycles. The quantitative estimate of drug-likeness (QED) is 0.684. The second kappa shape index (κ2) is 10.9. The Hall–Kier alpha value is -0.780. The summed E-state index contributed by atoms with van der Waals surface area (Å²) in [7, 11) is 0. The number of amides is 1. The summed E-state index contributed by atoms with van der Waals surface area (Å²) < 4.78 is 6.59. The van der Waals surface area contributed by atoms with E-state index < -0.39 is 0 Å². The lowest BCUT2D eigenvalue weighted by Crippen LogP contribution is -2.36. The summed E-state index contributed by atoms with van der Waals surface area (Å²) in [5.74, 6) is 1.98. The average Bonchev–Trinajstić information content (AvgIpc) is 2.52. The topological polar surface area (TPSA) is 50.4 Å². The van der Waals surface area contributed by atoms with Gasteiger partial charge in [0.15, 0.2) is 0 Å². The first-order valence-corrected chi connectivity index (χ1v) is 8.80. The number of carbonyl (C=O) groups is 1. The maximum Gasteiger partial charge on any atom is 0.220 e. The van der Waals surface area contributed by atoms with Crippen LogP contribution in [0.4, 0.5) is 0 Å². The van der Waals surface area contributed by atoms with Crippen molar-refractivity contribution in [2.24, 2.45) is 11.8 Å². The normalized spacial score (nSPS) is 18.6. The number of benzene rings is 1. The van der Waals surface area contributed by atoms with Gasteiger partial charge >= 0.3 is 0 Å². The molecule has 0 bridgehead atoms. The Kier molecular flexibility index (Phi) is 9.60. The molecule has 6 heteroatoms. The lowest BCUT2D eigenvalue weighted by atomic mass is 9.85. The molecule has 2 unspecified atom stereocenters. The Morgan fingerprint density at radius 3 is 3.04 bits per heavy atom.